The van der Waals surface area contributed by atoms with Crippen LogP contribution in [0.3, 0.4) is 0 Å². The standard InChI is InChI=1S/C18H25NO2/c1-4-20-14-7-8-16-15(9-14)18(13-5-6-13)17(21-16)11-19-10-12(2)3/h7-9,12-13,19H,4-6,10-11H2,1-3H3. The number of benzene rings is 1. The van der Waals surface area contributed by atoms with Gasteiger partial charge in [-0.05, 0) is 56.3 Å². The molecule has 3 nitrogen and oxygen atoms in total. The van der Waals surface area contributed by atoms with E-state index in [0.717, 1.165) is 30.2 Å². The van der Waals surface area contributed by atoms with Gasteiger partial charge < -0.3 is 14.5 Å². The van der Waals surface area contributed by atoms with E-state index in [4.69, 9.17) is 9.15 Å². The summed E-state index contributed by atoms with van der Waals surface area (Å²) in [5.74, 6) is 3.39. The summed E-state index contributed by atoms with van der Waals surface area (Å²) < 4.78 is 11.7. The van der Waals surface area contributed by atoms with Crippen molar-refractivity contribution in [2.75, 3.05) is 13.2 Å². The zero-order chi connectivity index (χ0) is 14.8. The maximum absolute atomic E-state index is 6.10. The van der Waals surface area contributed by atoms with Gasteiger partial charge in [0.15, 0.2) is 0 Å². The van der Waals surface area contributed by atoms with Crippen LogP contribution in [0.4, 0.5) is 0 Å². The molecule has 0 bridgehead atoms. The molecule has 0 spiro atoms. The highest BCUT2D eigenvalue weighted by Gasteiger charge is 2.30. The maximum atomic E-state index is 6.10. The molecule has 1 heterocycles. The third-order valence-corrected chi connectivity index (χ3v) is 3.91. The van der Waals surface area contributed by atoms with E-state index in [9.17, 15) is 0 Å². The maximum Gasteiger partial charge on any atom is 0.134 e. The Hall–Kier alpha value is -1.48. The Morgan fingerprint density at radius 3 is 2.81 bits per heavy atom. The average Bonchev–Trinajstić information content (AvgIpc) is 3.21. The SMILES string of the molecule is CCOc1ccc2oc(CNCC(C)C)c(C3CC3)c2c1. The number of hydrogen-bond donors (Lipinski definition) is 1. The van der Waals surface area contributed by atoms with Gasteiger partial charge in [-0.25, -0.2) is 0 Å². The molecule has 0 aliphatic heterocycles. The van der Waals surface area contributed by atoms with E-state index in [-0.39, 0.29) is 0 Å². The summed E-state index contributed by atoms with van der Waals surface area (Å²) in [5, 5.41) is 4.74. The van der Waals surface area contributed by atoms with Crippen molar-refractivity contribution in [3.63, 3.8) is 0 Å². The van der Waals surface area contributed by atoms with Gasteiger partial charge in [0.25, 0.3) is 0 Å². The van der Waals surface area contributed by atoms with Crippen molar-refractivity contribution in [1.29, 1.82) is 0 Å². The van der Waals surface area contributed by atoms with E-state index in [0.29, 0.717) is 18.4 Å². The lowest BCUT2D eigenvalue weighted by molar-refractivity contribution is 0.340. The number of fused-ring (bicyclic) bond motifs is 1. The molecule has 3 rings (SSSR count). The van der Waals surface area contributed by atoms with Gasteiger partial charge in [-0.1, -0.05) is 13.8 Å². The second-order valence-corrected chi connectivity index (χ2v) is 6.33. The van der Waals surface area contributed by atoms with Crippen LogP contribution in [0.15, 0.2) is 22.6 Å². The zero-order valence-electron chi connectivity index (χ0n) is 13.2. The van der Waals surface area contributed by atoms with E-state index >= 15 is 0 Å². The second-order valence-electron chi connectivity index (χ2n) is 6.33. The van der Waals surface area contributed by atoms with Gasteiger partial charge in [0.2, 0.25) is 0 Å². The molecule has 1 aliphatic rings. The lowest BCUT2D eigenvalue weighted by Crippen LogP contribution is -2.19. The molecule has 1 N–H and O–H groups in total. The first-order valence-corrected chi connectivity index (χ1v) is 8.07. The van der Waals surface area contributed by atoms with Crippen LogP contribution >= 0.6 is 0 Å². The van der Waals surface area contributed by atoms with E-state index < -0.39 is 0 Å². The fraction of sp³-hybridized carbons (Fsp3) is 0.556. The molecule has 0 saturated heterocycles. The Bertz CT molecular complexity index is 611. The average molecular weight is 287 g/mol. The lowest BCUT2D eigenvalue weighted by Gasteiger charge is -2.07. The molecule has 0 amide bonds. The highest BCUT2D eigenvalue weighted by atomic mass is 16.5. The van der Waals surface area contributed by atoms with Crippen LogP contribution in [-0.2, 0) is 6.54 Å². The Balaban J connectivity index is 1.90. The van der Waals surface area contributed by atoms with Crippen LogP contribution in [-0.4, -0.2) is 13.2 Å². The van der Waals surface area contributed by atoms with Crippen LogP contribution in [0, 0.1) is 5.92 Å². The van der Waals surface area contributed by atoms with Crippen LogP contribution < -0.4 is 10.1 Å². The molecule has 0 atom stereocenters. The minimum Gasteiger partial charge on any atom is -0.494 e. The highest BCUT2D eigenvalue weighted by Crippen LogP contribution is 2.46. The molecule has 1 fully saturated rings. The molecule has 0 unspecified atom stereocenters. The van der Waals surface area contributed by atoms with E-state index in [1.165, 1.54) is 23.8 Å². The summed E-state index contributed by atoms with van der Waals surface area (Å²) in [5.41, 5.74) is 2.39. The van der Waals surface area contributed by atoms with Gasteiger partial charge in [-0.3, -0.25) is 0 Å². The smallest absolute Gasteiger partial charge is 0.134 e. The predicted octanol–water partition coefficient (Wildman–Crippen LogP) is 4.45. The van der Waals surface area contributed by atoms with E-state index in [1.54, 1.807) is 0 Å². The highest BCUT2D eigenvalue weighted by molar-refractivity contribution is 5.84. The fourth-order valence-electron chi connectivity index (χ4n) is 2.83. The topological polar surface area (TPSA) is 34.4 Å². The Morgan fingerprint density at radius 2 is 2.14 bits per heavy atom. The summed E-state index contributed by atoms with van der Waals surface area (Å²) >= 11 is 0. The third kappa shape index (κ3) is 3.24. The fourth-order valence-corrected chi connectivity index (χ4v) is 2.83. The first-order valence-electron chi connectivity index (χ1n) is 8.07. The number of furan rings is 1. The summed E-state index contributed by atoms with van der Waals surface area (Å²) in [4.78, 5) is 0. The number of nitrogens with one attached hydrogen (secondary N) is 1. The summed E-state index contributed by atoms with van der Waals surface area (Å²) in [6.45, 7) is 9.01. The molecule has 114 valence electrons. The molecule has 1 aromatic carbocycles. The molecule has 0 radical (unpaired) electrons. The molecular formula is C18H25NO2. The van der Waals surface area contributed by atoms with Crippen molar-refractivity contribution in [2.24, 2.45) is 5.92 Å². The summed E-state index contributed by atoms with van der Waals surface area (Å²) in [6, 6.07) is 6.18. The number of ether oxygens (including phenoxy) is 1. The van der Waals surface area contributed by atoms with Crippen LogP contribution in [0.2, 0.25) is 0 Å². The molecule has 1 aromatic heterocycles. The normalized spacial score (nSPS) is 15.0. The van der Waals surface area contributed by atoms with Gasteiger partial charge in [0.05, 0.1) is 13.2 Å². The van der Waals surface area contributed by atoms with Crippen LogP contribution in [0.5, 0.6) is 5.75 Å². The Morgan fingerprint density at radius 1 is 1.33 bits per heavy atom. The van der Waals surface area contributed by atoms with Crippen LogP contribution in [0.25, 0.3) is 11.0 Å². The van der Waals surface area contributed by atoms with Gasteiger partial charge >= 0.3 is 0 Å². The monoisotopic (exact) mass is 287 g/mol. The first kappa shape index (κ1) is 14.5. The molecule has 1 aliphatic carbocycles. The molecule has 21 heavy (non-hydrogen) atoms. The van der Waals surface area contributed by atoms with Gasteiger partial charge in [-0.2, -0.15) is 0 Å². The lowest BCUT2D eigenvalue weighted by atomic mass is 10.1. The number of hydrogen-bond acceptors (Lipinski definition) is 3. The van der Waals surface area contributed by atoms with Gasteiger partial charge in [0.1, 0.15) is 17.1 Å². The van der Waals surface area contributed by atoms with Crippen molar-refractivity contribution in [1.82, 2.24) is 5.32 Å². The number of rotatable bonds is 7. The van der Waals surface area contributed by atoms with Gasteiger partial charge in [0, 0.05) is 10.9 Å². The second kappa shape index (κ2) is 6.10. The molecule has 1 saturated carbocycles. The van der Waals surface area contributed by atoms with Crippen molar-refractivity contribution in [2.45, 2.75) is 46.1 Å². The molecule has 3 heteroatoms. The predicted molar refractivity (Wildman–Crippen MR) is 85.9 cm³/mol. The zero-order valence-corrected chi connectivity index (χ0v) is 13.2. The Labute approximate surface area is 126 Å². The van der Waals surface area contributed by atoms with Gasteiger partial charge in [-0.15, -0.1) is 0 Å². The van der Waals surface area contributed by atoms with Crippen molar-refractivity contribution >= 4 is 11.0 Å². The summed E-state index contributed by atoms with van der Waals surface area (Å²) in [7, 11) is 0. The quantitative estimate of drug-likeness (QED) is 0.816. The van der Waals surface area contributed by atoms with E-state index in [2.05, 4.69) is 25.2 Å². The minimum atomic E-state index is 0.656. The minimum absolute atomic E-state index is 0.656. The molecule has 2 aromatic rings. The molecular weight excluding hydrogens is 262 g/mol. The third-order valence-electron chi connectivity index (χ3n) is 3.91. The van der Waals surface area contributed by atoms with Crippen molar-refractivity contribution in [3.05, 3.63) is 29.5 Å². The first-order chi connectivity index (χ1) is 10.2. The van der Waals surface area contributed by atoms with Crippen LogP contribution in [0.1, 0.15) is 50.9 Å². The largest absolute Gasteiger partial charge is 0.494 e. The Kier molecular flexibility index (Phi) is 4.20. The van der Waals surface area contributed by atoms with E-state index in [1.807, 2.05) is 19.1 Å². The summed E-state index contributed by atoms with van der Waals surface area (Å²) in [6.07, 6.45) is 2.56. The van der Waals surface area contributed by atoms with Crippen molar-refractivity contribution < 1.29 is 9.15 Å². The van der Waals surface area contributed by atoms with Crippen molar-refractivity contribution in [3.8, 4) is 5.75 Å².